The number of benzene rings is 1. The first-order chi connectivity index (χ1) is 8.38. The molecule has 1 aromatic carbocycles. The molecule has 0 aliphatic rings. The van der Waals surface area contributed by atoms with Crippen LogP contribution in [0.1, 0.15) is 5.69 Å². The summed E-state index contributed by atoms with van der Waals surface area (Å²) < 4.78 is 1.84. The van der Waals surface area contributed by atoms with E-state index in [1.165, 1.54) is 0 Å². The quantitative estimate of drug-likeness (QED) is 0.724. The molecule has 4 nitrogen and oxygen atoms in total. The number of aliphatic hydroxyl groups is 1. The predicted octanol–water partition coefficient (Wildman–Crippen LogP) is 1.91. The molecule has 0 saturated heterocycles. The van der Waals surface area contributed by atoms with Gasteiger partial charge in [-0.2, -0.15) is 5.10 Å². The van der Waals surface area contributed by atoms with Gasteiger partial charge in [-0.15, -0.1) is 0 Å². The third-order valence-corrected chi connectivity index (χ3v) is 2.68. The van der Waals surface area contributed by atoms with Crippen molar-refractivity contribution in [3.05, 3.63) is 54.5 Å². The highest BCUT2D eigenvalue weighted by Crippen LogP contribution is 2.17. The van der Waals surface area contributed by atoms with E-state index in [0.29, 0.717) is 5.69 Å². The highest BCUT2D eigenvalue weighted by molar-refractivity contribution is 5.80. The number of rotatable bonds is 2. The number of hydrogen-bond acceptors (Lipinski definition) is 3. The van der Waals surface area contributed by atoms with Gasteiger partial charge in [0.1, 0.15) is 0 Å². The minimum absolute atomic E-state index is 0.0625. The van der Waals surface area contributed by atoms with Gasteiger partial charge in [0.2, 0.25) is 0 Å². The molecule has 0 atom stereocenters. The highest BCUT2D eigenvalue weighted by Gasteiger charge is 2.04. The summed E-state index contributed by atoms with van der Waals surface area (Å²) in [6.45, 7) is -0.0625. The largest absolute Gasteiger partial charge is 0.390 e. The van der Waals surface area contributed by atoms with E-state index in [1.54, 1.807) is 6.20 Å². The molecular weight excluding hydrogens is 214 g/mol. The van der Waals surface area contributed by atoms with Gasteiger partial charge >= 0.3 is 0 Å². The summed E-state index contributed by atoms with van der Waals surface area (Å²) in [6.07, 6.45) is 3.51. The summed E-state index contributed by atoms with van der Waals surface area (Å²) in [5.74, 6) is 0. The lowest BCUT2D eigenvalue weighted by Gasteiger charge is -2.04. The van der Waals surface area contributed by atoms with Crippen LogP contribution in [0.2, 0.25) is 0 Å². The van der Waals surface area contributed by atoms with Crippen LogP contribution in [-0.4, -0.2) is 19.9 Å². The molecular formula is C13H11N3O. The van der Waals surface area contributed by atoms with E-state index < -0.39 is 0 Å². The van der Waals surface area contributed by atoms with Gasteiger partial charge in [0.05, 0.1) is 29.7 Å². The van der Waals surface area contributed by atoms with Crippen LogP contribution in [0.4, 0.5) is 0 Å². The maximum atomic E-state index is 9.08. The first-order valence-corrected chi connectivity index (χ1v) is 5.37. The normalized spacial score (nSPS) is 10.9. The van der Waals surface area contributed by atoms with Crippen LogP contribution in [0.15, 0.2) is 48.8 Å². The average Bonchev–Trinajstić information content (AvgIpc) is 2.82. The molecule has 2 heterocycles. The lowest BCUT2D eigenvalue weighted by molar-refractivity contribution is 0.277. The molecule has 84 valence electrons. The van der Waals surface area contributed by atoms with Crippen molar-refractivity contribution in [3.8, 4) is 5.69 Å². The Balaban J connectivity index is 2.20. The molecule has 2 aromatic heterocycles. The van der Waals surface area contributed by atoms with E-state index >= 15 is 0 Å². The molecule has 3 aromatic rings. The van der Waals surface area contributed by atoms with Crippen LogP contribution in [0, 0.1) is 0 Å². The molecule has 17 heavy (non-hydrogen) atoms. The Labute approximate surface area is 98.2 Å². The van der Waals surface area contributed by atoms with Crippen LogP contribution in [0.3, 0.4) is 0 Å². The number of fused-ring (bicyclic) bond motifs is 1. The summed E-state index contributed by atoms with van der Waals surface area (Å²) in [5, 5.41) is 14.5. The van der Waals surface area contributed by atoms with Crippen molar-refractivity contribution in [2.75, 3.05) is 0 Å². The van der Waals surface area contributed by atoms with Gasteiger partial charge in [0, 0.05) is 11.6 Å². The Kier molecular flexibility index (Phi) is 2.34. The second-order valence-electron chi connectivity index (χ2n) is 3.78. The van der Waals surface area contributed by atoms with E-state index in [2.05, 4.69) is 10.1 Å². The Morgan fingerprint density at radius 1 is 1.18 bits per heavy atom. The number of aromatic nitrogens is 3. The summed E-state index contributed by atoms with van der Waals surface area (Å²) >= 11 is 0. The SMILES string of the molecule is OCc1cc(-n2ncc3ccccc32)ccn1. The Morgan fingerprint density at radius 2 is 2.06 bits per heavy atom. The van der Waals surface area contributed by atoms with Crippen LogP contribution >= 0.6 is 0 Å². The fraction of sp³-hybridized carbons (Fsp3) is 0.0769. The maximum absolute atomic E-state index is 9.08. The zero-order valence-corrected chi connectivity index (χ0v) is 9.11. The fourth-order valence-corrected chi connectivity index (χ4v) is 1.86. The van der Waals surface area contributed by atoms with Gasteiger partial charge in [-0.05, 0) is 18.2 Å². The topological polar surface area (TPSA) is 50.9 Å². The molecule has 0 aliphatic heterocycles. The molecule has 0 fully saturated rings. The van der Waals surface area contributed by atoms with Gasteiger partial charge in [-0.3, -0.25) is 4.98 Å². The molecule has 4 heteroatoms. The zero-order chi connectivity index (χ0) is 11.7. The summed E-state index contributed by atoms with van der Waals surface area (Å²) in [6, 6.07) is 11.7. The molecule has 0 aliphatic carbocycles. The van der Waals surface area contributed by atoms with E-state index in [-0.39, 0.29) is 6.61 Å². The van der Waals surface area contributed by atoms with E-state index in [1.807, 2.05) is 47.3 Å². The van der Waals surface area contributed by atoms with Crippen LogP contribution < -0.4 is 0 Å². The number of pyridine rings is 1. The number of nitrogens with zero attached hydrogens (tertiary/aromatic N) is 3. The monoisotopic (exact) mass is 225 g/mol. The maximum Gasteiger partial charge on any atom is 0.0853 e. The fourth-order valence-electron chi connectivity index (χ4n) is 1.86. The van der Waals surface area contributed by atoms with E-state index in [9.17, 15) is 0 Å². The van der Waals surface area contributed by atoms with E-state index in [4.69, 9.17) is 5.11 Å². The summed E-state index contributed by atoms with van der Waals surface area (Å²) in [4.78, 5) is 4.06. The minimum Gasteiger partial charge on any atom is -0.390 e. The van der Waals surface area contributed by atoms with Gasteiger partial charge in [-0.25, -0.2) is 4.68 Å². The standard InChI is InChI=1S/C13H11N3O/c17-9-11-7-12(5-6-14-11)16-13-4-2-1-3-10(13)8-15-16/h1-8,17H,9H2. The third kappa shape index (κ3) is 1.68. The van der Waals surface area contributed by atoms with E-state index in [0.717, 1.165) is 16.6 Å². The van der Waals surface area contributed by atoms with Crippen molar-refractivity contribution >= 4 is 10.9 Å². The molecule has 1 N–H and O–H groups in total. The Morgan fingerprint density at radius 3 is 2.94 bits per heavy atom. The lowest BCUT2D eigenvalue weighted by Crippen LogP contribution is -1.98. The molecule has 0 amide bonds. The molecule has 0 saturated carbocycles. The molecule has 0 bridgehead atoms. The van der Waals surface area contributed by atoms with Gasteiger partial charge in [-0.1, -0.05) is 18.2 Å². The molecule has 3 rings (SSSR count). The van der Waals surface area contributed by atoms with Gasteiger partial charge in [0.25, 0.3) is 0 Å². The van der Waals surface area contributed by atoms with Gasteiger partial charge < -0.3 is 5.11 Å². The number of para-hydroxylation sites is 1. The van der Waals surface area contributed by atoms with Crippen molar-refractivity contribution in [2.24, 2.45) is 0 Å². The average molecular weight is 225 g/mol. The predicted molar refractivity (Wildman–Crippen MR) is 64.8 cm³/mol. The van der Waals surface area contributed by atoms with Crippen LogP contribution in [0.25, 0.3) is 16.6 Å². The van der Waals surface area contributed by atoms with Gasteiger partial charge in [0.15, 0.2) is 0 Å². The third-order valence-electron chi connectivity index (χ3n) is 2.68. The summed E-state index contributed by atoms with van der Waals surface area (Å²) in [7, 11) is 0. The first kappa shape index (κ1) is 9.99. The lowest BCUT2D eigenvalue weighted by atomic mass is 10.2. The highest BCUT2D eigenvalue weighted by atomic mass is 16.3. The zero-order valence-electron chi connectivity index (χ0n) is 9.11. The first-order valence-electron chi connectivity index (χ1n) is 5.37. The van der Waals surface area contributed by atoms with Crippen LogP contribution in [-0.2, 0) is 6.61 Å². The smallest absolute Gasteiger partial charge is 0.0853 e. The molecule has 0 spiro atoms. The minimum atomic E-state index is -0.0625. The second kappa shape index (κ2) is 3.99. The van der Waals surface area contributed by atoms with Crippen molar-refractivity contribution in [2.45, 2.75) is 6.61 Å². The molecule has 0 unspecified atom stereocenters. The van der Waals surface area contributed by atoms with Crippen molar-refractivity contribution in [1.82, 2.24) is 14.8 Å². The van der Waals surface area contributed by atoms with Crippen LogP contribution in [0.5, 0.6) is 0 Å². The van der Waals surface area contributed by atoms with Crippen molar-refractivity contribution < 1.29 is 5.11 Å². The second-order valence-corrected chi connectivity index (χ2v) is 3.78. The van der Waals surface area contributed by atoms with Crippen molar-refractivity contribution in [3.63, 3.8) is 0 Å². The Bertz CT molecular complexity index is 660. The molecule has 0 radical (unpaired) electrons. The van der Waals surface area contributed by atoms with Crippen molar-refractivity contribution in [1.29, 1.82) is 0 Å². The Hall–Kier alpha value is -2.20. The number of hydrogen-bond donors (Lipinski definition) is 1. The summed E-state index contributed by atoms with van der Waals surface area (Å²) in [5.41, 5.74) is 2.59. The number of aliphatic hydroxyl groups excluding tert-OH is 1.